The summed E-state index contributed by atoms with van der Waals surface area (Å²) in [6.07, 6.45) is 5.45. The summed E-state index contributed by atoms with van der Waals surface area (Å²) in [6, 6.07) is 7.58. The van der Waals surface area contributed by atoms with E-state index in [0.29, 0.717) is 6.54 Å². The molecule has 1 unspecified atom stereocenters. The first-order valence-corrected chi connectivity index (χ1v) is 10.9. The van der Waals surface area contributed by atoms with Crippen LogP contribution in [0.1, 0.15) is 37.7 Å². The topological polar surface area (TPSA) is 79.1 Å². The van der Waals surface area contributed by atoms with Crippen molar-refractivity contribution >= 4 is 17.6 Å². The van der Waals surface area contributed by atoms with Crippen molar-refractivity contribution in [3.8, 4) is 0 Å². The van der Waals surface area contributed by atoms with Gasteiger partial charge >= 0.3 is 6.03 Å². The number of hydrogen-bond donors (Lipinski definition) is 1. The van der Waals surface area contributed by atoms with E-state index < -0.39 is 11.9 Å². The molecule has 1 aromatic carbocycles. The van der Waals surface area contributed by atoms with Gasteiger partial charge in [-0.05, 0) is 43.4 Å². The van der Waals surface area contributed by atoms with Gasteiger partial charge in [0.15, 0.2) is 0 Å². The molecule has 0 radical (unpaired) electrons. The van der Waals surface area contributed by atoms with Gasteiger partial charge in [-0.1, -0.05) is 18.6 Å². The molecule has 3 amide bonds. The maximum absolute atomic E-state index is 12.9. The van der Waals surface area contributed by atoms with Crippen molar-refractivity contribution in [3.63, 3.8) is 0 Å². The number of urea groups is 1. The van der Waals surface area contributed by atoms with Gasteiger partial charge in [0, 0.05) is 37.3 Å². The molecule has 4 fully saturated rings. The molecule has 4 aliphatic rings. The molecule has 7 nitrogen and oxygen atoms in total. The van der Waals surface area contributed by atoms with Crippen LogP contribution in [0.4, 0.5) is 10.5 Å². The van der Waals surface area contributed by atoms with Crippen LogP contribution in [0.5, 0.6) is 0 Å². The zero-order chi connectivity index (χ0) is 20.0. The molecule has 0 spiro atoms. The van der Waals surface area contributed by atoms with Crippen LogP contribution in [0.2, 0.25) is 0 Å². The molecule has 1 aliphatic carbocycles. The van der Waals surface area contributed by atoms with Crippen molar-refractivity contribution in [2.45, 2.75) is 49.6 Å². The Morgan fingerprint density at radius 2 is 1.83 bits per heavy atom. The van der Waals surface area contributed by atoms with E-state index in [9.17, 15) is 9.59 Å². The van der Waals surface area contributed by atoms with E-state index in [1.54, 1.807) is 4.90 Å². The summed E-state index contributed by atoms with van der Waals surface area (Å²) in [4.78, 5) is 31.0. The highest BCUT2D eigenvalue weighted by atomic mass is 16.5. The Morgan fingerprint density at radius 3 is 2.45 bits per heavy atom. The van der Waals surface area contributed by atoms with Crippen LogP contribution in [0, 0.1) is 0 Å². The van der Waals surface area contributed by atoms with Crippen LogP contribution >= 0.6 is 0 Å². The number of anilines is 1. The summed E-state index contributed by atoms with van der Waals surface area (Å²) in [5, 5.41) is 0. The van der Waals surface area contributed by atoms with Gasteiger partial charge in [-0.25, -0.2) is 4.79 Å². The third-order valence-corrected chi connectivity index (χ3v) is 7.38. The van der Waals surface area contributed by atoms with E-state index in [-0.39, 0.29) is 17.5 Å². The Bertz CT molecular complexity index is 786. The van der Waals surface area contributed by atoms with Crippen molar-refractivity contribution < 1.29 is 14.3 Å². The Labute approximate surface area is 171 Å². The highest BCUT2D eigenvalue weighted by Crippen LogP contribution is 2.45. The maximum atomic E-state index is 12.9. The molecule has 156 valence electrons. The summed E-state index contributed by atoms with van der Waals surface area (Å²) in [5.41, 5.74) is 8.02. The molecule has 5 rings (SSSR count). The predicted octanol–water partition coefficient (Wildman–Crippen LogP) is 1.70. The van der Waals surface area contributed by atoms with Gasteiger partial charge < -0.3 is 15.4 Å². The minimum atomic E-state index is -0.568. The van der Waals surface area contributed by atoms with E-state index in [1.165, 1.54) is 24.8 Å². The number of nitrogens with zero attached hydrogens (tertiary/aromatic N) is 3. The predicted molar refractivity (Wildman–Crippen MR) is 110 cm³/mol. The summed E-state index contributed by atoms with van der Waals surface area (Å²) in [5.74, 6) is -0.417. The van der Waals surface area contributed by atoms with E-state index >= 15 is 0 Å². The second-order valence-corrected chi connectivity index (χ2v) is 8.97. The number of rotatable bonds is 5. The smallest absolute Gasteiger partial charge is 0.325 e. The first-order chi connectivity index (χ1) is 14.1. The largest absolute Gasteiger partial charge is 0.379 e. The highest BCUT2D eigenvalue weighted by Gasteiger charge is 2.51. The summed E-state index contributed by atoms with van der Waals surface area (Å²) in [7, 11) is 0. The molecule has 1 aromatic rings. The number of morpholine rings is 1. The number of ether oxygens (including phenoxy) is 1. The van der Waals surface area contributed by atoms with Crippen molar-refractivity contribution in [2.75, 3.05) is 44.3 Å². The number of amides is 3. The van der Waals surface area contributed by atoms with Gasteiger partial charge in [0.2, 0.25) is 5.91 Å². The minimum absolute atomic E-state index is 0.0843. The molecule has 3 heterocycles. The zero-order valence-corrected chi connectivity index (χ0v) is 16.9. The lowest BCUT2D eigenvalue weighted by molar-refractivity contribution is -0.119. The molecule has 29 heavy (non-hydrogen) atoms. The number of benzene rings is 1. The van der Waals surface area contributed by atoms with Crippen LogP contribution in [0.25, 0.3) is 0 Å². The van der Waals surface area contributed by atoms with Crippen molar-refractivity contribution in [1.29, 1.82) is 0 Å². The van der Waals surface area contributed by atoms with Crippen LogP contribution < -0.4 is 10.6 Å². The fourth-order valence-corrected chi connectivity index (χ4v) is 5.68. The van der Waals surface area contributed by atoms with Crippen molar-refractivity contribution in [3.05, 3.63) is 29.8 Å². The quantitative estimate of drug-likeness (QED) is 0.819. The molecule has 7 heteroatoms. The second kappa shape index (κ2) is 7.29. The summed E-state index contributed by atoms with van der Waals surface area (Å²) < 4.78 is 5.49. The fraction of sp³-hybridized carbons (Fsp3) is 0.636. The molecular weight excluding hydrogens is 368 g/mol. The monoisotopic (exact) mass is 398 g/mol. The van der Waals surface area contributed by atoms with Crippen molar-refractivity contribution in [1.82, 2.24) is 9.80 Å². The van der Waals surface area contributed by atoms with Gasteiger partial charge in [-0.2, -0.15) is 0 Å². The average Bonchev–Trinajstić information content (AvgIpc) is 3.28. The highest BCUT2D eigenvalue weighted by molar-refractivity contribution is 6.03. The Balaban J connectivity index is 1.38. The van der Waals surface area contributed by atoms with Gasteiger partial charge in [0.1, 0.15) is 6.04 Å². The maximum Gasteiger partial charge on any atom is 0.325 e. The molecule has 3 aliphatic heterocycles. The fourth-order valence-electron chi connectivity index (χ4n) is 5.68. The average molecular weight is 399 g/mol. The van der Waals surface area contributed by atoms with Gasteiger partial charge in [-0.15, -0.1) is 0 Å². The zero-order valence-electron chi connectivity index (χ0n) is 16.9. The van der Waals surface area contributed by atoms with E-state index in [2.05, 4.69) is 17.0 Å². The standard InChI is InChI=1S/C22H30N4O3/c23-20(27)19-18-3-1-10-25(18)21(28)26(19)17-6-4-16(5-7-17)22(8-2-9-22)15-24-11-13-29-14-12-24/h4-7,18-19H,1-3,8-15H2,(H2,23,27)/t18-,19?/m1/s1. The molecule has 1 saturated carbocycles. The van der Waals surface area contributed by atoms with Crippen LogP contribution in [0.15, 0.2) is 24.3 Å². The normalized spacial score (nSPS) is 29.0. The first-order valence-electron chi connectivity index (χ1n) is 10.9. The number of carbonyl (C=O) groups excluding carboxylic acids is 2. The molecule has 2 N–H and O–H groups in total. The Kier molecular flexibility index (Phi) is 4.75. The van der Waals surface area contributed by atoms with Gasteiger partial charge in [0.25, 0.3) is 0 Å². The minimum Gasteiger partial charge on any atom is -0.379 e. The van der Waals surface area contributed by atoms with Crippen LogP contribution in [-0.2, 0) is 14.9 Å². The van der Waals surface area contributed by atoms with Crippen LogP contribution in [0.3, 0.4) is 0 Å². The van der Waals surface area contributed by atoms with Crippen molar-refractivity contribution in [2.24, 2.45) is 5.73 Å². The molecule has 0 bridgehead atoms. The number of carbonyl (C=O) groups is 2. The van der Waals surface area contributed by atoms with E-state index in [1.807, 2.05) is 17.0 Å². The van der Waals surface area contributed by atoms with E-state index in [0.717, 1.165) is 51.4 Å². The summed E-state index contributed by atoms with van der Waals surface area (Å²) in [6.45, 7) is 5.42. The summed E-state index contributed by atoms with van der Waals surface area (Å²) >= 11 is 0. The molecule has 3 saturated heterocycles. The number of nitrogens with two attached hydrogens (primary N) is 1. The molecule has 0 aromatic heterocycles. The SMILES string of the molecule is NC(=O)C1[C@H]2CCCN2C(=O)N1c1ccc(C2(CN3CCOCC3)CCC2)cc1. The lowest BCUT2D eigenvalue weighted by atomic mass is 9.64. The Morgan fingerprint density at radius 1 is 1.10 bits per heavy atom. The third kappa shape index (κ3) is 3.11. The number of fused-ring (bicyclic) bond motifs is 1. The second-order valence-electron chi connectivity index (χ2n) is 8.97. The lowest BCUT2D eigenvalue weighted by Gasteiger charge is -2.46. The number of primary amides is 1. The first kappa shape index (κ1) is 18.9. The number of hydrogen-bond acceptors (Lipinski definition) is 4. The van der Waals surface area contributed by atoms with Gasteiger partial charge in [0.05, 0.1) is 19.3 Å². The lowest BCUT2D eigenvalue weighted by Crippen LogP contribution is -2.49. The Hall–Kier alpha value is -2.12. The van der Waals surface area contributed by atoms with E-state index in [4.69, 9.17) is 10.5 Å². The third-order valence-electron chi connectivity index (χ3n) is 7.38. The molecular formula is C22H30N4O3. The van der Waals surface area contributed by atoms with Gasteiger partial charge in [-0.3, -0.25) is 14.6 Å². The molecule has 2 atom stereocenters. The van der Waals surface area contributed by atoms with Crippen LogP contribution in [-0.4, -0.2) is 73.2 Å².